The number of ether oxygens (including phenoxy) is 2. The van der Waals surface area contributed by atoms with Gasteiger partial charge in [-0.15, -0.1) is 0 Å². The molecule has 0 unspecified atom stereocenters. The minimum Gasteiger partial charge on any atom is -0.488 e. The predicted octanol–water partition coefficient (Wildman–Crippen LogP) is 3.44. The van der Waals surface area contributed by atoms with Crippen LogP contribution in [0.2, 0.25) is 0 Å². The maximum absolute atomic E-state index is 5.74. The van der Waals surface area contributed by atoms with E-state index in [-0.39, 0.29) is 11.2 Å². The smallest absolute Gasteiger partial charge is 0.217 e. The van der Waals surface area contributed by atoms with Crippen LogP contribution in [-0.4, -0.2) is 16.2 Å². The van der Waals surface area contributed by atoms with Crippen molar-refractivity contribution in [1.82, 2.24) is 4.98 Å². The number of nitrogens with zero attached hydrogens (tertiary/aromatic N) is 1. The molecule has 1 rings (SSSR count). The van der Waals surface area contributed by atoms with Crippen molar-refractivity contribution in [3.8, 4) is 11.6 Å². The van der Waals surface area contributed by atoms with Gasteiger partial charge in [0.15, 0.2) is 0 Å². The molecule has 16 heavy (non-hydrogen) atoms. The molecule has 0 saturated carbocycles. The third-order valence-electron chi connectivity index (χ3n) is 1.54. The molecule has 0 aliphatic carbocycles. The summed E-state index contributed by atoms with van der Waals surface area (Å²) in [6.07, 6.45) is 1.70. The molecule has 0 N–H and O–H groups in total. The number of hydrogen-bond acceptors (Lipinski definition) is 3. The summed E-state index contributed by atoms with van der Waals surface area (Å²) >= 11 is 0. The molecule has 0 fully saturated rings. The standard InChI is InChI=1S/C13H21NO2/c1-12(2,3)15-10-7-8-14-11(9-10)16-13(4,5)6/h7-9H,1-6H3. The Bertz CT molecular complexity index is 316. The summed E-state index contributed by atoms with van der Waals surface area (Å²) in [6, 6.07) is 3.65. The average Bonchev–Trinajstić information content (AvgIpc) is 1.96. The van der Waals surface area contributed by atoms with Crippen LogP contribution in [0.4, 0.5) is 0 Å². The van der Waals surface area contributed by atoms with Gasteiger partial charge in [-0.25, -0.2) is 4.98 Å². The van der Waals surface area contributed by atoms with Crippen LogP contribution < -0.4 is 9.47 Å². The molecule has 0 aliphatic heterocycles. The molecule has 0 atom stereocenters. The summed E-state index contributed by atoms with van der Waals surface area (Å²) in [5, 5.41) is 0. The van der Waals surface area contributed by atoms with Gasteiger partial charge in [0.1, 0.15) is 17.0 Å². The van der Waals surface area contributed by atoms with Crippen molar-refractivity contribution < 1.29 is 9.47 Å². The Morgan fingerprint density at radius 2 is 1.50 bits per heavy atom. The molecule has 0 aliphatic rings. The molecule has 0 aromatic carbocycles. The van der Waals surface area contributed by atoms with Gasteiger partial charge in [0.2, 0.25) is 5.88 Å². The van der Waals surface area contributed by atoms with E-state index < -0.39 is 0 Å². The molecule has 1 aromatic heterocycles. The molecule has 0 radical (unpaired) electrons. The van der Waals surface area contributed by atoms with Crippen molar-refractivity contribution in [2.45, 2.75) is 52.7 Å². The second-order valence-electron chi connectivity index (χ2n) is 5.76. The number of hydrogen-bond donors (Lipinski definition) is 0. The molecule has 0 spiro atoms. The normalized spacial score (nSPS) is 12.4. The van der Waals surface area contributed by atoms with E-state index in [1.54, 1.807) is 6.20 Å². The van der Waals surface area contributed by atoms with Crippen LogP contribution in [0, 0.1) is 0 Å². The van der Waals surface area contributed by atoms with E-state index >= 15 is 0 Å². The third kappa shape index (κ3) is 5.01. The lowest BCUT2D eigenvalue weighted by molar-refractivity contribution is 0.116. The number of aromatic nitrogens is 1. The van der Waals surface area contributed by atoms with Crippen molar-refractivity contribution in [2.75, 3.05) is 0 Å². The summed E-state index contributed by atoms with van der Waals surface area (Å²) in [5.74, 6) is 1.37. The van der Waals surface area contributed by atoms with Crippen molar-refractivity contribution >= 4 is 0 Å². The van der Waals surface area contributed by atoms with Crippen molar-refractivity contribution in [1.29, 1.82) is 0 Å². The molecular formula is C13H21NO2. The SMILES string of the molecule is CC(C)(C)Oc1ccnc(OC(C)(C)C)c1. The third-order valence-corrected chi connectivity index (χ3v) is 1.54. The molecule has 1 aromatic rings. The van der Waals surface area contributed by atoms with Crippen molar-refractivity contribution in [2.24, 2.45) is 0 Å². The first-order chi connectivity index (χ1) is 7.16. The van der Waals surface area contributed by atoms with Gasteiger partial charge in [0.25, 0.3) is 0 Å². The van der Waals surface area contributed by atoms with Crippen molar-refractivity contribution in [3.63, 3.8) is 0 Å². The molecule has 0 bridgehead atoms. The van der Waals surface area contributed by atoms with E-state index in [9.17, 15) is 0 Å². The lowest BCUT2D eigenvalue weighted by Gasteiger charge is -2.23. The van der Waals surface area contributed by atoms with Crippen LogP contribution in [0.3, 0.4) is 0 Å². The Balaban J connectivity index is 2.79. The Morgan fingerprint density at radius 3 is 2.00 bits per heavy atom. The largest absolute Gasteiger partial charge is 0.488 e. The van der Waals surface area contributed by atoms with Crippen LogP contribution in [0.1, 0.15) is 41.5 Å². The first-order valence-corrected chi connectivity index (χ1v) is 5.50. The van der Waals surface area contributed by atoms with E-state index in [0.717, 1.165) is 5.75 Å². The summed E-state index contributed by atoms with van der Waals surface area (Å²) in [5.41, 5.74) is -0.451. The number of rotatable bonds is 2. The fourth-order valence-corrected chi connectivity index (χ4v) is 1.18. The second kappa shape index (κ2) is 4.32. The van der Waals surface area contributed by atoms with E-state index in [1.165, 1.54) is 0 Å². The maximum atomic E-state index is 5.74. The van der Waals surface area contributed by atoms with Gasteiger partial charge >= 0.3 is 0 Å². The number of pyridine rings is 1. The van der Waals surface area contributed by atoms with Gasteiger partial charge in [-0.3, -0.25) is 0 Å². The van der Waals surface area contributed by atoms with Crippen LogP contribution >= 0.6 is 0 Å². The van der Waals surface area contributed by atoms with Crippen molar-refractivity contribution in [3.05, 3.63) is 18.3 Å². The Kier molecular flexibility index (Phi) is 3.46. The minimum atomic E-state index is -0.243. The fourth-order valence-electron chi connectivity index (χ4n) is 1.18. The highest BCUT2D eigenvalue weighted by molar-refractivity contribution is 5.27. The van der Waals surface area contributed by atoms with Crippen LogP contribution in [0.15, 0.2) is 18.3 Å². The Hall–Kier alpha value is -1.25. The zero-order valence-corrected chi connectivity index (χ0v) is 11.0. The van der Waals surface area contributed by atoms with Gasteiger partial charge in [-0.2, -0.15) is 0 Å². The molecular weight excluding hydrogens is 202 g/mol. The Morgan fingerprint density at radius 1 is 0.938 bits per heavy atom. The van der Waals surface area contributed by atoms with Crippen LogP contribution in [-0.2, 0) is 0 Å². The van der Waals surface area contributed by atoms with Gasteiger partial charge in [-0.05, 0) is 47.6 Å². The maximum Gasteiger partial charge on any atom is 0.217 e. The second-order valence-corrected chi connectivity index (χ2v) is 5.76. The highest BCUT2D eigenvalue weighted by Gasteiger charge is 2.15. The molecule has 1 heterocycles. The predicted molar refractivity (Wildman–Crippen MR) is 65.0 cm³/mol. The molecule has 0 saturated heterocycles. The first-order valence-electron chi connectivity index (χ1n) is 5.50. The molecule has 0 amide bonds. The highest BCUT2D eigenvalue weighted by atomic mass is 16.5. The average molecular weight is 223 g/mol. The molecule has 90 valence electrons. The minimum absolute atomic E-state index is 0.208. The first kappa shape index (κ1) is 12.8. The molecule has 3 heteroatoms. The van der Waals surface area contributed by atoms with E-state index in [2.05, 4.69) is 4.98 Å². The van der Waals surface area contributed by atoms with Crippen LogP contribution in [0.25, 0.3) is 0 Å². The lowest BCUT2D eigenvalue weighted by Crippen LogP contribution is -2.24. The summed E-state index contributed by atoms with van der Waals surface area (Å²) in [6.45, 7) is 12.0. The van der Waals surface area contributed by atoms with E-state index in [4.69, 9.17) is 9.47 Å². The zero-order valence-electron chi connectivity index (χ0n) is 11.0. The van der Waals surface area contributed by atoms with Gasteiger partial charge in [-0.1, -0.05) is 0 Å². The van der Waals surface area contributed by atoms with Gasteiger partial charge in [0.05, 0.1) is 0 Å². The highest BCUT2D eigenvalue weighted by Crippen LogP contribution is 2.23. The monoisotopic (exact) mass is 223 g/mol. The summed E-state index contributed by atoms with van der Waals surface area (Å²) in [7, 11) is 0. The quantitative estimate of drug-likeness (QED) is 0.769. The lowest BCUT2D eigenvalue weighted by atomic mass is 10.2. The topological polar surface area (TPSA) is 31.4 Å². The van der Waals surface area contributed by atoms with Gasteiger partial charge < -0.3 is 9.47 Å². The summed E-state index contributed by atoms with van der Waals surface area (Å²) in [4.78, 5) is 4.15. The summed E-state index contributed by atoms with van der Waals surface area (Å²) < 4.78 is 11.4. The van der Waals surface area contributed by atoms with E-state index in [1.807, 2.05) is 53.7 Å². The van der Waals surface area contributed by atoms with Gasteiger partial charge in [0, 0.05) is 12.3 Å². The van der Waals surface area contributed by atoms with Crippen LogP contribution in [0.5, 0.6) is 11.6 Å². The Labute approximate surface area is 97.8 Å². The fraction of sp³-hybridized carbons (Fsp3) is 0.615. The molecule has 3 nitrogen and oxygen atoms in total. The zero-order chi connectivity index (χ0) is 12.4. The van der Waals surface area contributed by atoms with E-state index in [0.29, 0.717) is 5.88 Å².